The molecule has 0 aromatic heterocycles. The molecule has 0 aliphatic heterocycles. The summed E-state index contributed by atoms with van der Waals surface area (Å²) in [6, 6.07) is 0. The van der Waals surface area contributed by atoms with Gasteiger partial charge in [0.2, 0.25) is 0 Å². The number of rotatable bonds is 4. The predicted molar refractivity (Wildman–Crippen MR) is 49.2 cm³/mol. The molecule has 0 unspecified atom stereocenters. The van der Waals surface area contributed by atoms with Crippen LogP contribution in [0, 0.1) is 0 Å². The van der Waals surface area contributed by atoms with E-state index >= 15 is 0 Å². The van der Waals surface area contributed by atoms with Gasteiger partial charge in [-0.25, -0.2) is 0 Å². The fourth-order valence-electron chi connectivity index (χ4n) is 0.589. The van der Waals surface area contributed by atoms with Gasteiger partial charge >= 0.3 is 0 Å². The number of hydrogen-bond acceptors (Lipinski definition) is 3. The van der Waals surface area contributed by atoms with Crippen molar-refractivity contribution in [3.8, 4) is 0 Å². The third-order valence-electron chi connectivity index (χ3n) is 1.37. The average Bonchev–Trinajstić information content (AvgIpc) is 2.12. The van der Waals surface area contributed by atoms with E-state index in [2.05, 4.69) is 6.58 Å². The lowest BCUT2D eigenvalue weighted by molar-refractivity contribution is 0.221. The first-order chi connectivity index (χ1) is 5.65. The Morgan fingerprint density at radius 2 is 1.92 bits per heavy atom. The summed E-state index contributed by atoms with van der Waals surface area (Å²) in [5.74, 6) is 0.996. The number of ether oxygens (including phenoxy) is 2. The highest BCUT2D eigenvalue weighted by atomic mass is 16.5. The molecule has 0 aromatic rings. The summed E-state index contributed by atoms with van der Waals surface area (Å²) in [6.07, 6.45) is 3.42. The van der Waals surface area contributed by atoms with Gasteiger partial charge in [-0.2, -0.15) is 0 Å². The molecule has 0 amide bonds. The van der Waals surface area contributed by atoms with E-state index in [0.29, 0.717) is 17.2 Å². The lowest BCUT2D eigenvalue weighted by atomic mass is 10.3. The summed E-state index contributed by atoms with van der Waals surface area (Å²) in [5, 5.41) is 0. The third-order valence-corrected chi connectivity index (χ3v) is 1.37. The minimum Gasteiger partial charge on any atom is -0.493 e. The van der Waals surface area contributed by atoms with Crippen molar-refractivity contribution in [2.75, 3.05) is 14.2 Å². The van der Waals surface area contributed by atoms with Crippen LogP contribution < -0.4 is 5.73 Å². The molecular weight excluding hydrogens is 154 g/mol. The molecule has 0 radical (unpaired) electrons. The summed E-state index contributed by atoms with van der Waals surface area (Å²) >= 11 is 0. The second-order valence-corrected chi connectivity index (χ2v) is 2.13. The van der Waals surface area contributed by atoms with Crippen LogP contribution in [0.4, 0.5) is 0 Å². The van der Waals surface area contributed by atoms with Gasteiger partial charge in [0.05, 0.1) is 14.2 Å². The molecule has 0 spiro atoms. The Labute approximate surface area is 73.2 Å². The van der Waals surface area contributed by atoms with E-state index in [1.165, 1.54) is 7.11 Å². The Hall–Kier alpha value is -1.38. The van der Waals surface area contributed by atoms with Crippen LogP contribution in [0.1, 0.15) is 6.92 Å². The van der Waals surface area contributed by atoms with Gasteiger partial charge in [-0.3, -0.25) is 0 Å². The highest BCUT2D eigenvalue weighted by Gasteiger charge is 2.01. The van der Waals surface area contributed by atoms with Crippen LogP contribution in [-0.4, -0.2) is 14.2 Å². The Morgan fingerprint density at radius 1 is 1.33 bits per heavy atom. The zero-order chi connectivity index (χ0) is 9.56. The Balaban J connectivity index is 4.54. The van der Waals surface area contributed by atoms with Crippen LogP contribution >= 0.6 is 0 Å². The third kappa shape index (κ3) is 3.14. The summed E-state index contributed by atoms with van der Waals surface area (Å²) in [5.41, 5.74) is 6.17. The normalized spacial score (nSPS) is 12.6. The maximum Gasteiger partial charge on any atom is 0.162 e. The zero-order valence-electron chi connectivity index (χ0n) is 7.76. The Morgan fingerprint density at radius 3 is 2.25 bits per heavy atom. The molecule has 68 valence electrons. The Kier molecular flexibility index (Phi) is 4.69. The lowest BCUT2D eigenvalue weighted by Gasteiger charge is -2.07. The van der Waals surface area contributed by atoms with Crippen LogP contribution in [0.15, 0.2) is 35.9 Å². The van der Waals surface area contributed by atoms with Gasteiger partial charge in [-0.05, 0) is 6.92 Å². The van der Waals surface area contributed by atoms with Crippen molar-refractivity contribution in [3.05, 3.63) is 35.9 Å². The quantitative estimate of drug-likeness (QED) is 0.513. The molecule has 12 heavy (non-hydrogen) atoms. The molecular formula is C9H15NO2. The van der Waals surface area contributed by atoms with Gasteiger partial charge in [-0.1, -0.05) is 12.7 Å². The van der Waals surface area contributed by atoms with Crippen molar-refractivity contribution in [2.24, 2.45) is 5.73 Å². The number of methoxy groups -OCH3 is 2. The average molecular weight is 169 g/mol. The van der Waals surface area contributed by atoms with Crippen molar-refractivity contribution in [2.45, 2.75) is 6.92 Å². The molecule has 0 heterocycles. The first-order valence-corrected chi connectivity index (χ1v) is 3.56. The van der Waals surface area contributed by atoms with Crippen LogP contribution in [0.3, 0.4) is 0 Å². The molecule has 0 aromatic carbocycles. The van der Waals surface area contributed by atoms with E-state index < -0.39 is 0 Å². The predicted octanol–water partition coefficient (Wildman–Crippen LogP) is 1.54. The first-order valence-electron chi connectivity index (χ1n) is 3.56. The molecule has 3 nitrogen and oxygen atoms in total. The molecule has 3 heteroatoms. The molecule has 0 atom stereocenters. The van der Waals surface area contributed by atoms with Crippen molar-refractivity contribution in [1.29, 1.82) is 0 Å². The van der Waals surface area contributed by atoms with E-state index in [0.717, 1.165) is 0 Å². The van der Waals surface area contributed by atoms with Crippen LogP contribution in [0.2, 0.25) is 0 Å². The van der Waals surface area contributed by atoms with E-state index in [-0.39, 0.29) is 0 Å². The number of allylic oxidation sites excluding steroid dienone is 2. The maximum absolute atomic E-state index is 5.55. The minimum atomic E-state index is 0.460. The molecule has 0 aliphatic carbocycles. The van der Waals surface area contributed by atoms with Gasteiger partial charge in [0.15, 0.2) is 11.5 Å². The monoisotopic (exact) mass is 169 g/mol. The van der Waals surface area contributed by atoms with Crippen molar-refractivity contribution in [3.63, 3.8) is 0 Å². The van der Waals surface area contributed by atoms with Gasteiger partial charge in [0.25, 0.3) is 0 Å². The summed E-state index contributed by atoms with van der Waals surface area (Å²) in [4.78, 5) is 0. The SMILES string of the molecule is C=C(OC)/C(=C\C(N)=C/C)OC. The topological polar surface area (TPSA) is 44.5 Å². The standard InChI is InChI=1S/C9H15NO2/c1-5-8(10)6-9(12-4)7(2)11-3/h5-6H,2,10H2,1,3-4H3/b8-5+,9-6+. The highest BCUT2D eigenvalue weighted by Crippen LogP contribution is 2.09. The summed E-state index contributed by atoms with van der Waals surface area (Å²) in [7, 11) is 3.07. The lowest BCUT2D eigenvalue weighted by Crippen LogP contribution is -1.99. The van der Waals surface area contributed by atoms with Crippen LogP contribution in [0.25, 0.3) is 0 Å². The fourth-order valence-corrected chi connectivity index (χ4v) is 0.589. The van der Waals surface area contributed by atoms with Crippen molar-refractivity contribution >= 4 is 0 Å². The highest BCUT2D eigenvalue weighted by molar-refractivity contribution is 5.26. The van der Waals surface area contributed by atoms with Crippen LogP contribution in [0.5, 0.6) is 0 Å². The van der Waals surface area contributed by atoms with E-state index in [1.807, 2.05) is 6.92 Å². The van der Waals surface area contributed by atoms with Gasteiger partial charge in [0.1, 0.15) is 0 Å². The molecule has 0 saturated carbocycles. The van der Waals surface area contributed by atoms with Gasteiger partial charge in [-0.15, -0.1) is 0 Å². The maximum atomic E-state index is 5.55. The van der Waals surface area contributed by atoms with Crippen molar-refractivity contribution < 1.29 is 9.47 Å². The second kappa shape index (κ2) is 5.29. The van der Waals surface area contributed by atoms with Gasteiger partial charge in [0, 0.05) is 11.8 Å². The second-order valence-electron chi connectivity index (χ2n) is 2.13. The minimum absolute atomic E-state index is 0.460. The van der Waals surface area contributed by atoms with Crippen LogP contribution in [-0.2, 0) is 9.47 Å². The van der Waals surface area contributed by atoms with E-state index in [4.69, 9.17) is 15.2 Å². The molecule has 0 saturated heterocycles. The molecule has 2 N–H and O–H groups in total. The molecule has 0 bridgehead atoms. The molecule has 0 fully saturated rings. The summed E-state index contributed by atoms with van der Waals surface area (Å²) in [6.45, 7) is 5.48. The van der Waals surface area contributed by atoms with E-state index in [1.54, 1.807) is 19.3 Å². The first kappa shape index (κ1) is 10.6. The largest absolute Gasteiger partial charge is 0.493 e. The van der Waals surface area contributed by atoms with Crippen molar-refractivity contribution in [1.82, 2.24) is 0 Å². The molecule has 0 rings (SSSR count). The van der Waals surface area contributed by atoms with E-state index in [9.17, 15) is 0 Å². The van der Waals surface area contributed by atoms with Gasteiger partial charge < -0.3 is 15.2 Å². The summed E-state index contributed by atoms with van der Waals surface area (Å²) < 4.78 is 9.87. The zero-order valence-corrected chi connectivity index (χ0v) is 7.76. The fraction of sp³-hybridized carbons (Fsp3) is 0.333. The number of hydrogen-bond donors (Lipinski definition) is 1. The smallest absolute Gasteiger partial charge is 0.162 e. The Bertz CT molecular complexity index is 217. The molecule has 0 aliphatic rings. The number of nitrogens with two attached hydrogens (primary N) is 1.